The van der Waals surface area contributed by atoms with Crippen molar-refractivity contribution in [2.75, 3.05) is 13.7 Å². The quantitative estimate of drug-likeness (QED) is 0.831. The molecule has 0 bridgehead atoms. The topological polar surface area (TPSA) is 21.3 Å². The van der Waals surface area contributed by atoms with Gasteiger partial charge in [0.15, 0.2) is 0 Å². The maximum atomic E-state index is 5.42. The van der Waals surface area contributed by atoms with Gasteiger partial charge in [0.1, 0.15) is 5.75 Å². The van der Waals surface area contributed by atoms with E-state index in [9.17, 15) is 0 Å². The first-order valence-corrected chi connectivity index (χ1v) is 7.18. The lowest BCUT2D eigenvalue weighted by molar-refractivity contribution is 0.409. The molecule has 2 nitrogen and oxygen atoms in total. The van der Waals surface area contributed by atoms with Crippen LogP contribution in [0.5, 0.6) is 5.75 Å². The molecular formula is C16H23NO. The van der Waals surface area contributed by atoms with E-state index in [2.05, 4.69) is 30.4 Å². The van der Waals surface area contributed by atoms with Crippen molar-refractivity contribution in [2.45, 2.75) is 50.5 Å². The molecule has 2 aliphatic carbocycles. The highest BCUT2D eigenvalue weighted by Crippen LogP contribution is 2.48. The fourth-order valence-electron chi connectivity index (χ4n) is 2.73. The summed E-state index contributed by atoms with van der Waals surface area (Å²) < 4.78 is 5.42. The highest BCUT2D eigenvalue weighted by molar-refractivity contribution is 5.42. The summed E-state index contributed by atoms with van der Waals surface area (Å²) in [6.45, 7) is 3.36. The molecule has 0 atom stereocenters. The monoisotopic (exact) mass is 245 g/mol. The van der Waals surface area contributed by atoms with Gasteiger partial charge in [-0.3, -0.25) is 0 Å². The molecule has 2 heteroatoms. The zero-order chi connectivity index (χ0) is 12.6. The van der Waals surface area contributed by atoms with Gasteiger partial charge >= 0.3 is 0 Å². The van der Waals surface area contributed by atoms with Gasteiger partial charge in [-0.1, -0.05) is 19.1 Å². The average Bonchev–Trinajstić information content (AvgIpc) is 3.29. The Morgan fingerprint density at radius 1 is 1.33 bits per heavy atom. The first-order valence-electron chi connectivity index (χ1n) is 7.18. The van der Waals surface area contributed by atoms with Gasteiger partial charge in [0, 0.05) is 18.0 Å². The standard InChI is InChI=1S/C16H23NO/c1-3-12-10-13(4-7-15(12)18-2)16(8-9-16)11-17-14-5-6-14/h4,7,10,14,17H,3,5-6,8-9,11H2,1-2H3. The van der Waals surface area contributed by atoms with E-state index in [1.165, 1.54) is 36.8 Å². The lowest BCUT2D eigenvalue weighted by Gasteiger charge is -2.18. The summed E-state index contributed by atoms with van der Waals surface area (Å²) in [5.41, 5.74) is 3.28. The molecule has 2 aliphatic rings. The Bertz CT molecular complexity index is 433. The van der Waals surface area contributed by atoms with E-state index in [1.54, 1.807) is 7.11 Å². The van der Waals surface area contributed by atoms with Crippen molar-refractivity contribution in [3.05, 3.63) is 29.3 Å². The van der Waals surface area contributed by atoms with Gasteiger partial charge in [0.05, 0.1) is 7.11 Å². The van der Waals surface area contributed by atoms with Gasteiger partial charge in [0.2, 0.25) is 0 Å². The highest BCUT2D eigenvalue weighted by Gasteiger charge is 2.44. The molecule has 0 aromatic heterocycles. The highest BCUT2D eigenvalue weighted by atomic mass is 16.5. The third-order valence-corrected chi connectivity index (χ3v) is 4.43. The zero-order valence-corrected chi connectivity index (χ0v) is 11.5. The Kier molecular flexibility index (Phi) is 3.06. The molecule has 0 spiro atoms. The van der Waals surface area contributed by atoms with E-state index in [0.29, 0.717) is 5.41 Å². The Morgan fingerprint density at radius 3 is 2.67 bits per heavy atom. The van der Waals surface area contributed by atoms with Gasteiger partial charge in [-0.25, -0.2) is 0 Å². The second-order valence-electron chi connectivity index (χ2n) is 5.82. The van der Waals surface area contributed by atoms with Gasteiger partial charge in [-0.15, -0.1) is 0 Å². The van der Waals surface area contributed by atoms with Crippen LogP contribution in [0.25, 0.3) is 0 Å². The first-order chi connectivity index (χ1) is 8.77. The van der Waals surface area contributed by atoms with Crippen LogP contribution < -0.4 is 10.1 Å². The van der Waals surface area contributed by atoms with Crippen molar-refractivity contribution in [1.82, 2.24) is 5.32 Å². The molecule has 0 radical (unpaired) electrons. The first kappa shape index (κ1) is 12.0. The van der Waals surface area contributed by atoms with Crippen molar-refractivity contribution in [1.29, 1.82) is 0 Å². The van der Waals surface area contributed by atoms with Crippen LogP contribution in [0, 0.1) is 0 Å². The minimum absolute atomic E-state index is 0.429. The van der Waals surface area contributed by atoms with E-state index in [4.69, 9.17) is 4.74 Å². The predicted octanol–water partition coefficient (Wildman–Crippen LogP) is 3.04. The summed E-state index contributed by atoms with van der Waals surface area (Å²) in [7, 11) is 1.76. The van der Waals surface area contributed by atoms with E-state index >= 15 is 0 Å². The van der Waals surface area contributed by atoms with Gasteiger partial charge in [-0.05, 0) is 49.3 Å². The fraction of sp³-hybridized carbons (Fsp3) is 0.625. The summed E-state index contributed by atoms with van der Waals surface area (Å²) >= 11 is 0. The Hall–Kier alpha value is -1.02. The van der Waals surface area contributed by atoms with Crippen LogP contribution in [0.1, 0.15) is 43.7 Å². The molecule has 2 saturated carbocycles. The van der Waals surface area contributed by atoms with E-state index < -0.39 is 0 Å². The molecular weight excluding hydrogens is 222 g/mol. The maximum absolute atomic E-state index is 5.42. The second-order valence-corrected chi connectivity index (χ2v) is 5.82. The molecule has 1 N–H and O–H groups in total. The molecule has 1 aromatic carbocycles. The van der Waals surface area contributed by atoms with Crippen molar-refractivity contribution < 1.29 is 4.74 Å². The van der Waals surface area contributed by atoms with Crippen LogP contribution in [0.3, 0.4) is 0 Å². The molecule has 0 aliphatic heterocycles. The van der Waals surface area contributed by atoms with Crippen LogP contribution in [0.2, 0.25) is 0 Å². The molecule has 2 fully saturated rings. The smallest absolute Gasteiger partial charge is 0.122 e. The lowest BCUT2D eigenvalue weighted by atomic mass is 9.93. The van der Waals surface area contributed by atoms with Crippen LogP contribution >= 0.6 is 0 Å². The van der Waals surface area contributed by atoms with Crippen LogP contribution in [0.4, 0.5) is 0 Å². The number of hydrogen-bond donors (Lipinski definition) is 1. The number of rotatable bonds is 6. The summed E-state index contributed by atoms with van der Waals surface area (Å²) in [5.74, 6) is 1.03. The normalized spacial score (nSPS) is 20.8. The van der Waals surface area contributed by atoms with E-state index in [1.807, 2.05) is 0 Å². The number of benzene rings is 1. The number of aryl methyl sites for hydroxylation is 1. The Balaban J connectivity index is 1.77. The minimum atomic E-state index is 0.429. The molecule has 1 aromatic rings. The summed E-state index contributed by atoms with van der Waals surface area (Å²) in [6.07, 6.45) is 6.46. The van der Waals surface area contributed by atoms with Crippen LogP contribution in [-0.4, -0.2) is 19.7 Å². The van der Waals surface area contributed by atoms with Crippen molar-refractivity contribution in [2.24, 2.45) is 0 Å². The third kappa shape index (κ3) is 2.26. The Labute approximate surface area is 110 Å². The zero-order valence-electron chi connectivity index (χ0n) is 11.5. The van der Waals surface area contributed by atoms with Gasteiger partial charge in [-0.2, -0.15) is 0 Å². The molecule has 0 heterocycles. The second kappa shape index (κ2) is 4.58. The molecule has 0 saturated heterocycles. The summed E-state index contributed by atoms with van der Waals surface area (Å²) in [5, 5.41) is 3.69. The van der Waals surface area contributed by atoms with E-state index in [0.717, 1.165) is 24.8 Å². The minimum Gasteiger partial charge on any atom is -0.496 e. The average molecular weight is 245 g/mol. The van der Waals surface area contributed by atoms with Crippen molar-refractivity contribution in [3.8, 4) is 5.75 Å². The Morgan fingerprint density at radius 2 is 2.11 bits per heavy atom. The SMILES string of the molecule is CCc1cc(C2(CNC3CC3)CC2)ccc1OC. The van der Waals surface area contributed by atoms with Crippen molar-refractivity contribution >= 4 is 0 Å². The van der Waals surface area contributed by atoms with E-state index in [-0.39, 0.29) is 0 Å². The fourth-order valence-corrected chi connectivity index (χ4v) is 2.73. The molecule has 3 rings (SSSR count). The third-order valence-electron chi connectivity index (χ3n) is 4.43. The van der Waals surface area contributed by atoms with Gasteiger partial charge < -0.3 is 10.1 Å². The number of nitrogens with one attached hydrogen (secondary N) is 1. The molecule has 0 amide bonds. The van der Waals surface area contributed by atoms with Crippen molar-refractivity contribution in [3.63, 3.8) is 0 Å². The largest absolute Gasteiger partial charge is 0.496 e. The van der Waals surface area contributed by atoms with Gasteiger partial charge in [0.25, 0.3) is 0 Å². The predicted molar refractivity (Wildman–Crippen MR) is 74.3 cm³/mol. The number of ether oxygens (including phenoxy) is 1. The molecule has 18 heavy (non-hydrogen) atoms. The molecule has 0 unspecified atom stereocenters. The van der Waals surface area contributed by atoms with Crippen LogP contribution in [-0.2, 0) is 11.8 Å². The number of hydrogen-bond acceptors (Lipinski definition) is 2. The maximum Gasteiger partial charge on any atom is 0.122 e. The van der Waals surface area contributed by atoms with Crippen LogP contribution in [0.15, 0.2) is 18.2 Å². The molecule has 98 valence electrons. The summed E-state index contributed by atoms with van der Waals surface area (Å²) in [4.78, 5) is 0. The number of methoxy groups -OCH3 is 1. The lowest BCUT2D eigenvalue weighted by Crippen LogP contribution is -2.28. The summed E-state index contributed by atoms with van der Waals surface area (Å²) in [6, 6.07) is 7.58.